The van der Waals surface area contributed by atoms with Gasteiger partial charge in [-0.25, -0.2) is 15.0 Å². The third-order valence-corrected chi connectivity index (χ3v) is 2.75. The van der Waals surface area contributed by atoms with E-state index in [9.17, 15) is 0 Å². The first-order valence-electron chi connectivity index (χ1n) is 5.86. The summed E-state index contributed by atoms with van der Waals surface area (Å²) in [6, 6.07) is 3.75. The predicted molar refractivity (Wildman–Crippen MR) is 72.4 cm³/mol. The van der Waals surface area contributed by atoms with E-state index < -0.39 is 0 Å². The molecule has 0 aromatic carbocycles. The standard InChI is InChI=1S/C13H13N5O/c1-9(2)18-8-17-11-12(15-7-16-13(11)18)14-6-10-4-3-5-19-10/h3-5,7-8H,1,6H2,2H3,(H,14,15,16). The molecule has 0 aliphatic rings. The van der Waals surface area contributed by atoms with E-state index in [1.165, 1.54) is 6.33 Å². The second-order valence-electron chi connectivity index (χ2n) is 4.18. The van der Waals surface area contributed by atoms with E-state index in [4.69, 9.17) is 4.42 Å². The number of imidazole rings is 1. The van der Waals surface area contributed by atoms with E-state index in [1.807, 2.05) is 23.6 Å². The number of rotatable bonds is 4. The third kappa shape index (κ3) is 2.08. The quantitative estimate of drug-likeness (QED) is 0.775. The average Bonchev–Trinajstić information content (AvgIpc) is 3.05. The molecule has 0 aliphatic heterocycles. The Morgan fingerprint density at radius 3 is 3.05 bits per heavy atom. The number of aromatic nitrogens is 4. The van der Waals surface area contributed by atoms with Gasteiger partial charge in [0.2, 0.25) is 0 Å². The minimum atomic E-state index is 0.555. The molecule has 3 aromatic heterocycles. The van der Waals surface area contributed by atoms with Gasteiger partial charge < -0.3 is 9.73 Å². The zero-order valence-electron chi connectivity index (χ0n) is 10.5. The number of hydrogen-bond donors (Lipinski definition) is 1. The lowest BCUT2D eigenvalue weighted by molar-refractivity contribution is 0.518. The molecule has 6 nitrogen and oxygen atoms in total. The molecule has 1 N–H and O–H groups in total. The van der Waals surface area contributed by atoms with Crippen molar-refractivity contribution in [2.75, 3.05) is 5.32 Å². The monoisotopic (exact) mass is 255 g/mol. The molecule has 3 aromatic rings. The Labute approximate surface area is 109 Å². The molecule has 0 spiro atoms. The summed E-state index contributed by atoms with van der Waals surface area (Å²) in [5.41, 5.74) is 2.32. The summed E-state index contributed by atoms with van der Waals surface area (Å²) in [6.45, 7) is 6.35. The molecule has 0 saturated carbocycles. The molecule has 0 radical (unpaired) electrons. The van der Waals surface area contributed by atoms with Gasteiger partial charge in [0.25, 0.3) is 0 Å². The summed E-state index contributed by atoms with van der Waals surface area (Å²) < 4.78 is 7.09. The van der Waals surface area contributed by atoms with Gasteiger partial charge in [-0.2, -0.15) is 0 Å². The molecule has 0 saturated heterocycles. The summed E-state index contributed by atoms with van der Waals surface area (Å²) in [7, 11) is 0. The summed E-state index contributed by atoms with van der Waals surface area (Å²) in [4.78, 5) is 12.8. The number of hydrogen-bond acceptors (Lipinski definition) is 5. The van der Waals surface area contributed by atoms with Crippen molar-refractivity contribution in [2.24, 2.45) is 0 Å². The van der Waals surface area contributed by atoms with Crippen LogP contribution in [0.15, 0.2) is 42.0 Å². The molecule has 0 aliphatic carbocycles. The van der Waals surface area contributed by atoms with Crippen LogP contribution in [0, 0.1) is 0 Å². The van der Waals surface area contributed by atoms with Gasteiger partial charge in [0, 0.05) is 5.70 Å². The van der Waals surface area contributed by atoms with Gasteiger partial charge in [0.15, 0.2) is 17.0 Å². The number of nitrogens with one attached hydrogen (secondary N) is 1. The van der Waals surface area contributed by atoms with Crippen LogP contribution in [-0.2, 0) is 6.54 Å². The zero-order chi connectivity index (χ0) is 13.2. The van der Waals surface area contributed by atoms with Gasteiger partial charge in [0.05, 0.1) is 12.8 Å². The van der Waals surface area contributed by atoms with E-state index in [0.29, 0.717) is 12.4 Å². The van der Waals surface area contributed by atoms with Crippen LogP contribution in [0.2, 0.25) is 0 Å². The number of nitrogens with zero attached hydrogens (tertiary/aromatic N) is 4. The third-order valence-electron chi connectivity index (χ3n) is 2.75. The highest BCUT2D eigenvalue weighted by molar-refractivity contribution is 5.84. The molecule has 19 heavy (non-hydrogen) atoms. The highest BCUT2D eigenvalue weighted by Crippen LogP contribution is 2.20. The van der Waals surface area contributed by atoms with E-state index in [2.05, 4.69) is 26.8 Å². The van der Waals surface area contributed by atoms with Crippen molar-refractivity contribution in [2.45, 2.75) is 13.5 Å². The number of anilines is 1. The highest BCUT2D eigenvalue weighted by Gasteiger charge is 2.10. The van der Waals surface area contributed by atoms with E-state index in [0.717, 1.165) is 22.6 Å². The van der Waals surface area contributed by atoms with Crippen LogP contribution in [-0.4, -0.2) is 19.5 Å². The second kappa shape index (κ2) is 4.56. The molecule has 0 amide bonds. The SMILES string of the molecule is C=C(C)n1cnc2c(NCc3ccco3)ncnc21. The molecule has 3 heterocycles. The summed E-state index contributed by atoms with van der Waals surface area (Å²) in [5, 5.41) is 3.19. The Morgan fingerprint density at radius 2 is 2.32 bits per heavy atom. The van der Waals surface area contributed by atoms with E-state index >= 15 is 0 Å². The molecule has 3 rings (SSSR count). The summed E-state index contributed by atoms with van der Waals surface area (Å²) in [6.07, 6.45) is 4.84. The minimum Gasteiger partial charge on any atom is -0.467 e. The van der Waals surface area contributed by atoms with Crippen LogP contribution in [0.3, 0.4) is 0 Å². The zero-order valence-corrected chi connectivity index (χ0v) is 10.5. The van der Waals surface area contributed by atoms with Gasteiger partial charge >= 0.3 is 0 Å². The van der Waals surface area contributed by atoms with Crippen LogP contribution in [0.25, 0.3) is 16.9 Å². The van der Waals surface area contributed by atoms with Gasteiger partial charge in [-0.15, -0.1) is 0 Å². The maximum atomic E-state index is 5.27. The summed E-state index contributed by atoms with van der Waals surface area (Å²) in [5.74, 6) is 1.52. The fourth-order valence-electron chi connectivity index (χ4n) is 1.83. The Morgan fingerprint density at radius 1 is 1.42 bits per heavy atom. The normalized spacial score (nSPS) is 10.8. The highest BCUT2D eigenvalue weighted by atomic mass is 16.3. The van der Waals surface area contributed by atoms with E-state index in [-0.39, 0.29) is 0 Å². The largest absolute Gasteiger partial charge is 0.467 e. The van der Waals surface area contributed by atoms with Crippen molar-refractivity contribution >= 4 is 22.7 Å². The lowest BCUT2D eigenvalue weighted by Gasteiger charge is -2.04. The minimum absolute atomic E-state index is 0.555. The smallest absolute Gasteiger partial charge is 0.169 e. The molecule has 6 heteroatoms. The Hall–Kier alpha value is -2.63. The van der Waals surface area contributed by atoms with Crippen molar-refractivity contribution in [1.29, 1.82) is 0 Å². The fourth-order valence-corrected chi connectivity index (χ4v) is 1.83. The van der Waals surface area contributed by atoms with Gasteiger partial charge in [0.1, 0.15) is 18.4 Å². The number of fused-ring (bicyclic) bond motifs is 1. The Bertz CT molecular complexity index is 714. The van der Waals surface area contributed by atoms with Crippen molar-refractivity contribution in [3.05, 3.63) is 43.4 Å². The van der Waals surface area contributed by atoms with Crippen LogP contribution in [0.1, 0.15) is 12.7 Å². The topological polar surface area (TPSA) is 68.8 Å². The van der Waals surface area contributed by atoms with Gasteiger partial charge in [-0.1, -0.05) is 6.58 Å². The Kier molecular flexibility index (Phi) is 2.75. The molecule has 0 bridgehead atoms. The van der Waals surface area contributed by atoms with E-state index in [1.54, 1.807) is 12.6 Å². The molecule has 0 unspecified atom stereocenters. The lowest BCUT2D eigenvalue weighted by Crippen LogP contribution is -2.02. The number of furan rings is 1. The second-order valence-corrected chi connectivity index (χ2v) is 4.18. The van der Waals surface area contributed by atoms with Gasteiger partial charge in [-0.05, 0) is 19.1 Å². The van der Waals surface area contributed by atoms with Gasteiger partial charge in [-0.3, -0.25) is 4.57 Å². The van der Waals surface area contributed by atoms with Crippen LogP contribution in [0.4, 0.5) is 5.82 Å². The maximum absolute atomic E-state index is 5.27. The number of allylic oxidation sites excluding steroid dienone is 1. The van der Waals surface area contributed by atoms with Crippen LogP contribution >= 0.6 is 0 Å². The fraction of sp³-hybridized carbons (Fsp3) is 0.154. The molecule has 0 fully saturated rings. The van der Waals surface area contributed by atoms with Crippen LogP contribution < -0.4 is 5.32 Å². The lowest BCUT2D eigenvalue weighted by atomic mass is 10.4. The Balaban J connectivity index is 1.93. The first kappa shape index (κ1) is 11.5. The first-order chi connectivity index (χ1) is 9.25. The van der Waals surface area contributed by atoms with Crippen molar-refractivity contribution < 1.29 is 4.42 Å². The molecular formula is C13H13N5O. The molecule has 0 atom stereocenters. The summed E-state index contributed by atoms with van der Waals surface area (Å²) >= 11 is 0. The van der Waals surface area contributed by atoms with Crippen molar-refractivity contribution in [3.63, 3.8) is 0 Å². The van der Waals surface area contributed by atoms with Crippen LogP contribution in [0.5, 0.6) is 0 Å². The predicted octanol–water partition coefficient (Wildman–Crippen LogP) is 2.52. The van der Waals surface area contributed by atoms with Crippen molar-refractivity contribution in [1.82, 2.24) is 19.5 Å². The average molecular weight is 255 g/mol. The molecule has 96 valence electrons. The van der Waals surface area contributed by atoms with Crippen molar-refractivity contribution in [3.8, 4) is 0 Å². The maximum Gasteiger partial charge on any atom is 0.169 e. The molecular weight excluding hydrogens is 242 g/mol. The first-order valence-corrected chi connectivity index (χ1v) is 5.86.